The maximum Gasteiger partial charge on any atom is 0.0715 e. The Hall–Kier alpha value is -0.120. The lowest BCUT2D eigenvalue weighted by Crippen LogP contribution is -2.38. The summed E-state index contributed by atoms with van der Waals surface area (Å²) in [5.74, 6) is 0.692. The first-order valence-corrected chi connectivity index (χ1v) is 6.75. The number of hydrogen-bond donors (Lipinski definition) is 3. The van der Waals surface area contributed by atoms with Crippen molar-refractivity contribution in [2.24, 2.45) is 11.7 Å². The van der Waals surface area contributed by atoms with Crippen molar-refractivity contribution in [2.75, 3.05) is 0 Å². The van der Waals surface area contributed by atoms with Gasteiger partial charge in [0.25, 0.3) is 0 Å². The molecule has 1 saturated carbocycles. The maximum absolute atomic E-state index is 9.86. The van der Waals surface area contributed by atoms with Crippen molar-refractivity contribution in [3.8, 4) is 0 Å². The fourth-order valence-corrected chi connectivity index (χ4v) is 2.59. The lowest BCUT2D eigenvalue weighted by atomic mass is 9.83. The predicted octanol–water partition coefficient (Wildman–Crippen LogP) is 1.81. The first-order valence-electron chi connectivity index (χ1n) is 6.75. The van der Waals surface area contributed by atoms with Crippen molar-refractivity contribution in [3.63, 3.8) is 0 Å². The average Bonchev–Trinajstić information content (AvgIpc) is 2.30. The molecule has 16 heavy (non-hydrogen) atoms. The quantitative estimate of drug-likeness (QED) is 0.650. The predicted molar refractivity (Wildman–Crippen MR) is 66.1 cm³/mol. The van der Waals surface area contributed by atoms with Gasteiger partial charge in [-0.3, -0.25) is 0 Å². The molecule has 1 aliphatic rings. The number of aliphatic hydroxyl groups excluding tert-OH is 2. The molecule has 0 amide bonds. The second-order valence-corrected chi connectivity index (χ2v) is 5.27. The van der Waals surface area contributed by atoms with Gasteiger partial charge in [0.1, 0.15) is 0 Å². The average molecular weight is 229 g/mol. The molecular formula is C13H27NO2. The monoisotopic (exact) mass is 229 g/mol. The topological polar surface area (TPSA) is 66.5 Å². The van der Waals surface area contributed by atoms with Crippen molar-refractivity contribution in [1.82, 2.24) is 0 Å². The fourth-order valence-electron chi connectivity index (χ4n) is 2.59. The van der Waals surface area contributed by atoms with Crippen LogP contribution in [-0.4, -0.2) is 28.5 Å². The van der Waals surface area contributed by atoms with Crippen LogP contribution in [0.5, 0.6) is 0 Å². The molecule has 0 radical (unpaired) electrons. The standard InChI is InChI=1S/C13H27NO2/c1-2-11(15)9-13(16)12(14)8-10-6-4-3-5-7-10/h10-13,15-16H,2-9,14H2,1H3/t11-,12-,13-/m0/s1. The normalized spacial score (nSPS) is 24.0. The summed E-state index contributed by atoms with van der Waals surface area (Å²) < 4.78 is 0. The summed E-state index contributed by atoms with van der Waals surface area (Å²) in [7, 11) is 0. The van der Waals surface area contributed by atoms with Crippen LogP contribution in [0, 0.1) is 5.92 Å². The minimum atomic E-state index is -0.545. The third-order valence-corrected chi connectivity index (χ3v) is 3.81. The van der Waals surface area contributed by atoms with Crippen LogP contribution in [0.2, 0.25) is 0 Å². The zero-order chi connectivity index (χ0) is 12.0. The maximum atomic E-state index is 9.86. The second kappa shape index (κ2) is 7.25. The van der Waals surface area contributed by atoms with Crippen molar-refractivity contribution < 1.29 is 10.2 Å². The van der Waals surface area contributed by atoms with Gasteiger partial charge in [0.2, 0.25) is 0 Å². The molecule has 0 aromatic carbocycles. The summed E-state index contributed by atoms with van der Waals surface area (Å²) in [5, 5.41) is 19.3. The summed E-state index contributed by atoms with van der Waals surface area (Å²) in [6.45, 7) is 1.92. The molecule has 1 rings (SSSR count). The first kappa shape index (κ1) is 13.9. The molecule has 3 atom stereocenters. The van der Waals surface area contributed by atoms with E-state index in [2.05, 4.69) is 0 Å². The third-order valence-electron chi connectivity index (χ3n) is 3.81. The van der Waals surface area contributed by atoms with Crippen molar-refractivity contribution >= 4 is 0 Å². The van der Waals surface area contributed by atoms with Crippen LogP contribution in [0.3, 0.4) is 0 Å². The Kier molecular flexibility index (Phi) is 6.32. The van der Waals surface area contributed by atoms with E-state index >= 15 is 0 Å². The summed E-state index contributed by atoms with van der Waals surface area (Å²) in [6, 6.07) is -0.163. The number of nitrogens with two attached hydrogens (primary N) is 1. The van der Waals surface area contributed by atoms with E-state index < -0.39 is 12.2 Å². The van der Waals surface area contributed by atoms with E-state index in [-0.39, 0.29) is 6.04 Å². The molecule has 1 fully saturated rings. The molecule has 0 aromatic heterocycles. The summed E-state index contributed by atoms with van der Waals surface area (Å²) in [4.78, 5) is 0. The lowest BCUT2D eigenvalue weighted by molar-refractivity contribution is 0.0563. The van der Waals surface area contributed by atoms with Gasteiger partial charge in [-0.15, -0.1) is 0 Å². The number of hydrogen-bond acceptors (Lipinski definition) is 3. The van der Waals surface area contributed by atoms with Gasteiger partial charge >= 0.3 is 0 Å². The summed E-state index contributed by atoms with van der Waals surface area (Å²) >= 11 is 0. The van der Waals surface area contributed by atoms with Crippen LogP contribution < -0.4 is 5.73 Å². The van der Waals surface area contributed by atoms with Crippen molar-refractivity contribution in [2.45, 2.75) is 76.5 Å². The van der Waals surface area contributed by atoms with Gasteiger partial charge in [0, 0.05) is 12.5 Å². The van der Waals surface area contributed by atoms with Crippen LogP contribution in [0.1, 0.15) is 58.3 Å². The fraction of sp³-hybridized carbons (Fsp3) is 1.00. The minimum absolute atomic E-state index is 0.163. The van der Waals surface area contributed by atoms with Gasteiger partial charge in [0.05, 0.1) is 12.2 Å². The molecule has 0 heterocycles. The van der Waals surface area contributed by atoms with Crippen LogP contribution >= 0.6 is 0 Å². The van der Waals surface area contributed by atoms with Crippen molar-refractivity contribution in [3.05, 3.63) is 0 Å². The molecule has 3 nitrogen and oxygen atoms in total. The van der Waals surface area contributed by atoms with Gasteiger partial charge in [-0.25, -0.2) is 0 Å². The van der Waals surface area contributed by atoms with E-state index in [1.165, 1.54) is 32.1 Å². The molecule has 0 aromatic rings. The molecule has 3 heteroatoms. The van der Waals surface area contributed by atoms with Gasteiger partial charge in [-0.1, -0.05) is 39.0 Å². The van der Waals surface area contributed by atoms with Crippen LogP contribution in [0.4, 0.5) is 0 Å². The van der Waals surface area contributed by atoms with Crippen LogP contribution in [-0.2, 0) is 0 Å². The van der Waals surface area contributed by atoms with Gasteiger partial charge in [-0.05, 0) is 18.8 Å². The smallest absolute Gasteiger partial charge is 0.0715 e. The molecule has 96 valence electrons. The largest absolute Gasteiger partial charge is 0.393 e. The third kappa shape index (κ3) is 4.81. The molecule has 0 aliphatic heterocycles. The van der Waals surface area contributed by atoms with Gasteiger partial charge in [0.15, 0.2) is 0 Å². The minimum Gasteiger partial charge on any atom is -0.393 e. The first-order chi connectivity index (χ1) is 7.63. The van der Waals surface area contributed by atoms with E-state index in [4.69, 9.17) is 5.73 Å². The highest BCUT2D eigenvalue weighted by Crippen LogP contribution is 2.27. The molecule has 4 N–H and O–H groups in total. The highest BCUT2D eigenvalue weighted by atomic mass is 16.3. The summed E-state index contributed by atoms with van der Waals surface area (Å²) in [6.07, 6.45) is 7.56. The zero-order valence-electron chi connectivity index (χ0n) is 10.4. The number of aliphatic hydroxyl groups is 2. The number of rotatable bonds is 6. The van der Waals surface area contributed by atoms with Gasteiger partial charge in [-0.2, -0.15) is 0 Å². The second-order valence-electron chi connectivity index (χ2n) is 5.27. The summed E-state index contributed by atoms with van der Waals surface area (Å²) in [5.41, 5.74) is 5.99. The molecular weight excluding hydrogens is 202 g/mol. The van der Waals surface area contributed by atoms with E-state index in [1.54, 1.807) is 0 Å². The molecule has 0 spiro atoms. The Bertz CT molecular complexity index is 181. The molecule has 1 aliphatic carbocycles. The Morgan fingerprint density at radius 3 is 2.38 bits per heavy atom. The van der Waals surface area contributed by atoms with Gasteiger partial charge < -0.3 is 15.9 Å². The van der Waals surface area contributed by atoms with E-state index in [1.807, 2.05) is 6.92 Å². The van der Waals surface area contributed by atoms with E-state index in [9.17, 15) is 10.2 Å². The van der Waals surface area contributed by atoms with Crippen LogP contribution in [0.15, 0.2) is 0 Å². The SMILES string of the molecule is CC[C@H](O)C[C@H](O)[C@@H](N)CC1CCCCC1. The zero-order valence-corrected chi connectivity index (χ0v) is 10.4. The lowest BCUT2D eigenvalue weighted by Gasteiger charge is -2.27. The Labute approximate surface area is 99.0 Å². The highest BCUT2D eigenvalue weighted by molar-refractivity contribution is 4.79. The Balaban J connectivity index is 2.24. The Morgan fingerprint density at radius 1 is 1.19 bits per heavy atom. The Morgan fingerprint density at radius 2 is 1.81 bits per heavy atom. The van der Waals surface area contributed by atoms with E-state index in [0.29, 0.717) is 18.8 Å². The highest BCUT2D eigenvalue weighted by Gasteiger charge is 2.22. The molecule has 0 bridgehead atoms. The molecule has 0 unspecified atom stereocenters. The van der Waals surface area contributed by atoms with E-state index in [0.717, 1.165) is 6.42 Å². The van der Waals surface area contributed by atoms with Crippen molar-refractivity contribution in [1.29, 1.82) is 0 Å². The molecule has 0 saturated heterocycles. The van der Waals surface area contributed by atoms with Crippen LogP contribution in [0.25, 0.3) is 0 Å².